The van der Waals surface area contributed by atoms with Gasteiger partial charge < -0.3 is 10.4 Å². The van der Waals surface area contributed by atoms with E-state index in [-0.39, 0.29) is 23.0 Å². The lowest BCUT2D eigenvalue weighted by molar-refractivity contribution is -0.384. The van der Waals surface area contributed by atoms with E-state index < -0.39 is 9.25 Å². The van der Waals surface area contributed by atoms with Crippen LogP contribution in [0.5, 0.6) is 5.75 Å². The minimum Gasteiger partial charge on any atom is -0.506 e. The Balaban J connectivity index is 2.95. The summed E-state index contributed by atoms with van der Waals surface area (Å²) in [5.74, 6) is -0.703. The van der Waals surface area contributed by atoms with Crippen molar-refractivity contribution in [1.29, 1.82) is 0 Å². The predicted molar refractivity (Wildman–Crippen MR) is 66.4 cm³/mol. The average molecular weight is 303 g/mol. The number of nitro groups is 1. The van der Waals surface area contributed by atoms with Crippen molar-refractivity contribution in [2.45, 2.75) is 18.2 Å². The van der Waals surface area contributed by atoms with Crippen LogP contribution in [-0.4, -0.2) is 20.3 Å². The van der Waals surface area contributed by atoms with Crippen molar-refractivity contribution in [2.24, 2.45) is 0 Å². The summed E-state index contributed by atoms with van der Waals surface area (Å²) in [4.78, 5) is 21.4. The third-order valence-corrected chi connectivity index (χ3v) is 2.34. The van der Waals surface area contributed by atoms with Gasteiger partial charge >= 0.3 is 0 Å². The van der Waals surface area contributed by atoms with Crippen LogP contribution in [0.25, 0.3) is 0 Å². The van der Waals surface area contributed by atoms with Gasteiger partial charge in [0.25, 0.3) is 5.69 Å². The molecule has 0 heterocycles. The number of nitrogens with zero attached hydrogens (tertiary/aromatic N) is 1. The number of non-ortho nitro benzene ring substituents is 1. The second-order valence-corrected chi connectivity index (χ2v) is 5.87. The Morgan fingerprint density at radius 1 is 1.53 bits per heavy atom. The van der Waals surface area contributed by atoms with Gasteiger partial charge in [0, 0.05) is 6.07 Å². The quantitative estimate of drug-likeness (QED) is 0.388. The molecule has 0 aliphatic carbocycles. The average Bonchev–Trinajstić information content (AvgIpc) is 2.19. The molecule has 1 aromatic rings. The van der Waals surface area contributed by atoms with Crippen molar-refractivity contribution < 1.29 is 14.8 Å². The normalized spacial score (nSPS) is 11.0. The number of halogens is 1. The maximum absolute atomic E-state index is 11.6. The molecule has 0 aliphatic rings. The van der Waals surface area contributed by atoms with E-state index in [1.807, 2.05) is 0 Å². The molecule has 7 heteroatoms. The number of benzene rings is 1. The lowest BCUT2D eigenvalue weighted by Crippen LogP contribution is -2.30. The van der Waals surface area contributed by atoms with Gasteiger partial charge in [-0.1, -0.05) is 15.9 Å². The number of anilines is 1. The fourth-order valence-corrected chi connectivity index (χ4v) is 1.11. The smallest absolute Gasteiger partial charge is 0.273 e. The van der Waals surface area contributed by atoms with Crippen LogP contribution in [0.2, 0.25) is 0 Å². The molecule has 0 bridgehead atoms. The predicted octanol–water partition coefficient (Wildman–Crippen LogP) is 2.41. The number of aromatic hydroxyl groups is 1. The zero-order valence-electron chi connectivity index (χ0n) is 9.23. The standard InChI is InChI=1S/C10H11BrN2O4/c1-10(2,11)9(15)12-7-4-3-6(13(16)17)5-8(7)14/h3-5,14H,1-2H3,(H,12,15). The molecule has 0 atom stereocenters. The van der Waals surface area contributed by atoms with E-state index in [2.05, 4.69) is 21.2 Å². The summed E-state index contributed by atoms with van der Waals surface area (Å²) in [5, 5.41) is 22.4. The SMILES string of the molecule is CC(C)(Br)C(=O)Nc1ccc([N+](=O)[O-])cc1O. The van der Waals surface area contributed by atoms with Crippen LogP contribution in [0.4, 0.5) is 11.4 Å². The number of rotatable bonds is 3. The molecule has 0 fully saturated rings. The molecule has 1 rings (SSSR count). The number of amides is 1. The van der Waals surface area contributed by atoms with Gasteiger partial charge in [0.2, 0.25) is 5.91 Å². The number of hydrogen-bond acceptors (Lipinski definition) is 4. The number of carbonyl (C=O) groups excluding carboxylic acids is 1. The molecule has 1 aromatic carbocycles. The number of phenols is 1. The summed E-state index contributed by atoms with van der Waals surface area (Å²) in [6.45, 7) is 3.29. The molecule has 2 N–H and O–H groups in total. The van der Waals surface area contributed by atoms with E-state index in [0.29, 0.717) is 0 Å². The molecule has 0 unspecified atom stereocenters. The Bertz CT molecular complexity index is 468. The first-order valence-electron chi connectivity index (χ1n) is 4.69. The largest absolute Gasteiger partial charge is 0.506 e. The molecule has 92 valence electrons. The van der Waals surface area contributed by atoms with E-state index in [1.54, 1.807) is 13.8 Å². The van der Waals surface area contributed by atoms with Gasteiger partial charge in [-0.3, -0.25) is 14.9 Å². The van der Waals surface area contributed by atoms with E-state index in [4.69, 9.17) is 0 Å². The van der Waals surface area contributed by atoms with Gasteiger partial charge in [0.1, 0.15) is 5.75 Å². The Labute approximate surface area is 106 Å². The minimum absolute atomic E-state index is 0.133. The number of alkyl halides is 1. The first kappa shape index (κ1) is 13.4. The number of hydrogen-bond donors (Lipinski definition) is 2. The monoisotopic (exact) mass is 302 g/mol. The van der Waals surface area contributed by atoms with Crippen LogP contribution in [0.15, 0.2) is 18.2 Å². The summed E-state index contributed by atoms with van der Waals surface area (Å²) in [6.07, 6.45) is 0. The highest BCUT2D eigenvalue weighted by molar-refractivity contribution is 9.10. The first-order valence-corrected chi connectivity index (χ1v) is 5.49. The summed E-state index contributed by atoms with van der Waals surface area (Å²) in [6, 6.07) is 3.47. The Hall–Kier alpha value is -1.63. The van der Waals surface area contributed by atoms with Crippen LogP contribution >= 0.6 is 15.9 Å². The molecule has 0 spiro atoms. The van der Waals surface area contributed by atoms with Crippen LogP contribution in [0.3, 0.4) is 0 Å². The number of nitro benzene ring substituents is 1. The van der Waals surface area contributed by atoms with Gasteiger partial charge in [-0.25, -0.2) is 0 Å². The molecular formula is C10H11BrN2O4. The molecular weight excluding hydrogens is 292 g/mol. The van der Waals surface area contributed by atoms with E-state index in [1.165, 1.54) is 12.1 Å². The van der Waals surface area contributed by atoms with E-state index >= 15 is 0 Å². The van der Waals surface area contributed by atoms with Gasteiger partial charge in [-0.2, -0.15) is 0 Å². The zero-order valence-corrected chi connectivity index (χ0v) is 10.8. The van der Waals surface area contributed by atoms with Crippen LogP contribution in [0.1, 0.15) is 13.8 Å². The van der Waals surface area contributed by atoms with Crippen LogP contribution in [0, 0.1) is 10.1 Å². The summed E-state index contributed by atoms with van der Waals surface area (Å²) in [5.41, 5.74) is -0.105. The third-order valence-electron chi connectivity index (χ3n) is 1.98. The summed E-state index contributed by atoms with van der Waals surface area (Å²) >= 11 is 3.16. The van der Waals surface area contributed by atoms with Crippen molar-refractivity contribution in [3.8, 4) is 5.75 Å². The number of phenolic OH excluding ortho intramolecular Hbond substituents is 1. The fourth-order valence-electron chi connectivity index (χ4n) is 1.01. The highest BCUT2D eigenvalue weighted by Gasteiger charge is 2.24. The molecule has 0 aliphatic heterocycles. The summed E-state index contributed by atoms with van der Waals surface area (Å²) in [7, 11) is 0. The maximum atomic E-state index is 11.6. The Morgan fingerprint density at radius 3 is 2.53 bits per heavy atom. The zero-order chi connectivity index (χ0) is 13.2. The van der Waals surface area contributed by atoms with Gasteiger partial charge in [-0.05, 0) is 19.9 Å². The van der Waals surface area contributed by atoms with E-state index in [0.717, 1.165) is 6.07 Å². The van der Waals surface area contributed by atoms with Crippen LogP contribution < -0.4 is 5.32 Å². The Morgan fingerprint density at radius 2 is 2.12 bits per heavy atom. The fraction of sp³-hybridized carbons (Fsp3) is 0.300. The second kappa shape index (κ2) is 4.70. The molecule has 1 amide bonds. The lowest BCUT2D eigenvalue weighted by Gasteiger charge is -2.16. The minimum atomic E-state index is -0.790. The second-order valence-electron chi connectivity index (χ2n) is 3.89. The van der Waals surface area contributed by atoms with Crippen molar-refractivity contribution in [3.63, 3.8) is 0 Å². The Kier molecular flexibility index (Phi) is 3.72. The van der Waals surface area contributed by atoms with Crippen molar-refractivity contribution in [1.82, 2.24) is 0 Å². The van der Waals surface area contributed by atoms with Crippen molar-refractivity contribution in [2.75, 3.05) is 5.32 Å². The highest BCUT2D eigenvalue weighted by atomic mass is 79.9. The number of nitrogens with one attached hydrogen (secondary N) is 1. The van der Waals surface area contributed by atoms with Crippen molar-refractivity contribution in [3.05, 3.63) is 28.3 Å². The molecule has 6 nitrogen and oxygen atoms in total. The molecule has 0 radical (unpaired) electrons. The third kappa shape index (κ3) is 3.42. The van der Waals surface area contributed by atoms with E-state index in [9.17, 15) is 20.0 Å². The molecule has 0 aromatic heterocycles. The van der Waals surface area contributed by atoms with Crippen LogP contribution in [-0.2, 0) is 4.79 Å². The first-order chi connectivity index (χ1) is 7.71. The van der Waals surface area contributed by atoms with Gasteiger partial charge in [-0.15, -0.1) is 0 Å². The van der Waals surface area contributed by atoms with Gasteiger partial charge in [0.05, 0.1) is 21.0 Å². The highest BCUT2D eigenvalue weighted by Crippen LogP contribution is 2.29. The molecule has 0 saturated heterocycles. The topological polar surface area (TPSA) is 92.5 Å². The number of carbonyl (C=O) groups is 1. The lowest BCUT2D eigenvalue weighted by atomic mass is 10.2. The molecule has 0 saturated carbocycles. The maximum Gasteiger partial charge on any atom is 0.273 e. The van der Waals surface area contributed by atoms with Crippen molar-refractivity contribution >= 4 is 33.2 Å². The van der Waals surface area contributed by atoms with Gasteiger partial charge in [0.15, 0.2) is 0 Å². The summed E-state index contributed by atoms with van der Waals surface area (Å²) < 4.78 is -0.790. The molecule has 17 heavy (non-hydrogen) atoms.